The number of aromatic nitrogens is 4. The van der Waals surface area contributed by atoms with E-state index in [1.54, 1.807) is 0 Å². The molecule has 0 aliphatic rings. The molecule has 0 fully saturated rings. The molecule has 0 aliphatic carbocycles. The van der Waals surface area contributed by atoms with Gasteiger partial charge >= 0.3 is 0 Å². The zero-order valence-electron chi connectivity index (χ0n) is 6.48. The van der Waals surface area contributed by atoms with E-state index in [9.17, 15) is 5.11 Å². The summed E-state index contributed by atoms with van der Waals surface area (Å²) in [6.45, 7) is 0. The van der Waals surface area contributed by atoms with Gasteiger partial charge in [-0.15, -0.1) is 16.7 Å². The molecule has 2 aromatic heterocycles. The van der Waals surface area contributed by atoms with Gasteiger partial charge in [0.2, 0.25) is 11.8 Å². The number of rotatable bonds is 1. The molecular formula is C6H6ClN5O. The Morgan fingerprint density at radius 3 is 3.00 bits per heavy atom. The van der Waals surface area contributed by atoms with E-state index in [0.29, 0.717) is 5.69 Å². The lowest BCUT2D eigenvalue weighted by atomic mass is 10.4. The number of fused-ring (bicyclic) bond motifs is 1. The van der Waals surface area contributed by atoms with Crippen LogP contribution in [0.2, 0.25) is 0 Å². The molecule has 3 N–H and O–H groups in total. The van der Waals surface area contributed by atoms with E-state index in [0.717, 1.165) is 4.52 Å². The largest absolute Gasteiger partial charge is 0.493 e. The van der Waals surface area contributed by atoms with Gasteiger partial charge in [0.05, 0.1) is 11.6 Å². The van der Waals surface area contributed by atoms with Crippen LogP contribution >= 0.6 is 11.6 Å². The van der Waals surface area contributed by atoms with Gasteiger partial charge < -0.3 is 10.8 Å². The molecule has 0 amide bonds. The number of halogens is 1. The second-order valence-electron chi connectivity index (χ2n) is 2.42. The van der Waals surface area contributed by atoms with Crippen LogP contribution in [0.15, 0.2) is 6.07 Å². The fourth-order valence-electron chi connectivity index (χ4n) is 0.985. The van der Waals surface area contributed by atoms with Gasteiger partial charge in [0.15, 0.2) is 0 Å². The second-order valence-corrected chi connectivity index (χ2v) is 2.69. The lowest BCUT2D eigenvalue weighted by Gasteiger charge is -1.97. The molecule has 0 saturated heterocycles. The van der Waals surface area contributed by atoms with Crippen LogP contribution in [0, 0.1) is 0 Å². The molecule has 7 heteroatoms. The van der Waals surface area contributed by atoms with Crippen LogP contribution < -0.4 is 5.73 Å². The summed E-state index contributed by atoms with van der Waals surface area (Å²) in [5.41, 5.74) is 5.85. The summed E-state index contributed by atoms with van der Waals surface area (Å²) in [6, 6.07) is 1.41. The van der Waals surface area contributed by atoms with Gasteiger partial charge in [-0.25, -0.2) is 4.98 Å². The van der Waals surface area contributed by atoms with Crippen molar-refractivity contribution in [1.82, 2.24) is 19.6 Å². The molecule has 0 atom stereocenters. The van der Waals surface area contributed by atoms with Crippen LogP contribution in [-0.4, -0.2) is 24.7 Å². The standard InChI is InChI=1S/C6H6ClN5O/c7-2-3-1-4(13)12-6(9-3)10-5(8)11-12/h1,13H,2H2,(H2,8,11). The van der Waals surface area contributed by atoms with Gasteiger partial charge in [0, 0.05) is 6.07 Å². The molecule has 0 unspecified atom stereocenters. The van der Waals surface area contributed by atoms with Crippen molar-refractivity contribution >= 4 is 23.3 Å². The first kappa shape index (κ1) is 8.06. The molecule has 6 nitrogen and oxygen atoms in total. The van der Waals surface area contributed by atoms with Gasteiger partial charge in [-0.1, -0.05) is 0 Å². The third-order valence-corrected chi connectivity index (χ3v) is 1.77. The zero-order chi connectivity index (χ0) is 9.42. The Morgan fingerprint density at radius 1 is 1.54 bits per heavy atom. The van der Waals surface area contributed by atoms with Gasteiger partial charge in [-0.3, -0.25) is 0 Å². The molecule has 2 heterocycles. The lowest BCUT2D eigenvalue weighted by molar-refractivity contribution is 0.434. The van der Waals surface area contributed by atoms with E-state index in [1.807, 2.05) is 0 Å². The van der Waals surface area contributed by atoms with Crippen molar-refractivity contribution in [2.75, 3.05) is 5.73 Å². The molecule has 0 aliphatic heterocycles. The van der Waals surface area contributed by atoms with Crippen LogP contribution in [-0.2, 0) is 5.88 Å². The molecule has 0 bridgehead atoms. The highest BCUT2D eigenvalue weighted by Crippen LogP contribution is 2.13. The summed E-state index contributed by atoms with van der Waals surface area (Å²) < 4.78 is 1.14. The van der Waals surface area contributed by atoms with Crippen molar-refractivity contribution in [2.24, 2.45) is 0 Å². The van der Waals surface area contributed by atoms with Gasteiger partial charge in [-0.2, -0.15) is 9.50 Å². The first-order valence-corrected chi connectivity index (χ1v) is 4.01. The number of hydrogen-bond acceptors (Lipinski definition) is 5. The van der Waals surface area contributed by atoms with E-state index >= 15 is 0 Å². The van der Waals surface area contributed by atoms with Crippen molar-refractivity contribution in [3.63, 3.8) is 0 Å². The molecule has 2 aromatic rings. The molecule has 2 rings (SSSR count). The Balaban J connectivity index is 2.75. The average molecular weight is 200 g/mol. The van der Waals surface area contributed by atoms with Crippen LogP contribution in [0.1, 0.15) is 5.69 Å². The highest BCUT2D eigenvalue weighted by Gasteiger charge is 2.07. The fraction of sp³-hybridized carbons (Fsp3) is 0.167. The van der Waals surface area contributed by atoms with E-state index < -0.39 is 0 Å². The summed E-state index contributed by atoms with van der Waals surface area (Å²) in [5, 5.41) is 13.1. The highest BCUT2D eigenvalue weighted by atomic mass is 35.5. The molecule has 68 valence electrons. The van der Waals surface area contributed by atoms with Crippen LogP contribution in [0.4, 0.5) is 5.95 Å². The minimum atomic E-state index is -0.0788. The zero-order valence-corrected chi connectivity index (χ0v) is 7.23. The number of aromatic hydroxyl groups is 1. The summed E-state index contributed by atoms with van der Waals surface area (Å²) in [5.74, 6) is 0.434. The van der Waals surface area contributed by atoms with E-state index in [4.69, 9.17) is 17.3 Å². The van der Waals surface area contributed by atoms with Crippen LogP contribution in [0.3, 0.4) is 0 Å². The predicted molar refractivity (Wildman–Crippen MR) is 46.4 cm³/mol. The number of hydrogen-bond donors (Lipinski definition) is 2. The predicted octanol–water partition coefficient (Wildman–Crippen LogP) is 0.151. The van der Waals surface area contributed by atoms with Crippen LogP contribution in [0.5, 0.6) is 5.88 Å². The maximum Gasteiger partial charge on any atom is 0.257 e. The van der Waals surface area contributed by atoms with Crippen molar-refractivity contribution in [3.05, 3.63) is 11.8 Å². The minimum Gasteiger partial charge on any atom is -0.493 e. The number of nitrogen functional groups attached to an aromatic ring is 1. The van der Waals surface area contributed by atoms with E-state index in [2.05, 4.69) is 15.1 Å². The summed E-state index contributed by atoms with van der Waals surface area (Å²) >= 11 is 5.54. The molecule has 13 heavy (non-hydrogen) atoms. The summed E-state index contributed by atoms with van der Waals surface area (Å²) in [4.78, 5) is 7.78. The maximum atomic E-state index is 9.40. The molecule has 0 saturated carbocycles. The first-order valence-electron chi connectivity index (χ1n) is 3.48. The topological polar surface area (TPSA) is 89.3 Å². The van der Waals surface area contributed by atoms with Crippen molar-refractivity contribution in [1.29, 1.82) is 0 Å². The normalized spacial score (nSPS) is 10.8. The molecule has 0 radical (unpaired) electrons. The monoisotopic (exact) mass is 199 g/mol. The third-order valence-electron chi connectivity index (χ3n) is 1.50. The number of alkyl halides is 1. The second kappa shape index (κ2) is 2.74. The smallest absolute Gasteiger partial charge is 0.257 e. The van der Waals surface area contributed by atoms with Crippen molar-refractivity contribution in [2.45, 2.75) is 5.88 Å². The van der Waals surface area contributed by atoms with Crippen LogP contribution in [0.25, 0.3) is 5.78 Å². The minimum absolute atomic E-state index is 0.0644. The van der Waals surface area contributed by atoms with Crippen molar-refractivity contribution in [3.8, 4) is 5.88 Å². The quantitative estimate of drug-likeness (QED) is 0.639. The average Bonchev–Trinajstić information content (AvgIpc) is 2.46. The Hall–Kier alpha value is -1.56. The number of nitrogens with zero attached hydrogens (tertiary/aromatic N) is 4. The Bertz CT molecular complexity index is 453. The first-order chi connectivity index (χ1) is 6.20. The van der Waals surface area contributed by atoms with Gasteiger partial charge in [0.1, 0.15) is 0 Å². The number of anilines is 1. The number of nitrogens with two attached hydrogens (primary N) is 1. The Kier molecular flexibility index (Phi) is 1.70. The fourth-order valence-corrected chi connectivity index (χ4v) is 1.12. The van der Waals surface area contributed by atoms with E-state index in [-0.39, 0.29) is 23.5 Å². The molecule has 0 spiro atoms. The Morgan fingerprint density at radius 2 is 2.31 bits per heavy atom. The SMILES string of the molecule is Nc1nc2nc(CCl)cc(O)n2n1. The third kappa shape index (κ3) is 1.25. The Labute approximate surface area is 78.0 Å². The van der Waals surface area contributed by atoms with Crippen molar-refractivity contribution < 1.29 is 5.11 Å². The summed E-state index contributed by atoms with van der Waals surface area (Å²) in [7, 11) is 0. The highest BCUT2D eigenvalue weighted by molar-refractivity contribution is 6.16. The lowest BCUT2D eigenvalue weighted by Crippen LogP contribution is -1.95. The molecular weight excluding hydrogens is 194 g/mol. The van der Waals surface area contributed by atoms with E-state index in [1.165, 1.54) is 6.07 Å². The molecule has 0 aromatic carbocycles. The summed E-state index contributed by atoms with van der Waals surface area (Å²) in [6.07, 6.45) is 0. The van der Waals surface area contributed by atoms with Gasteiger partial charge in [-0.05, 0) is 0 Å². The maximum absolute atomic E-state index is 9.40. The van der Waals surface area contributed by atoms with Gasteiger partial charge in [0.25, 0.3) is 5.78 Å².